The first-order valence-corrected chi connectivity index (χ1v) is 7.48. The normalized spacial score (nSPS) is 10.1. The molecule has 0 aliphatic carbocycles. The summed E-state index contributed by atoms with van der Waals surface area (Å²) in [6.45, 7) is 2.87. The van der Waals surface area contributed by atoms with Gasteiger partial charge in [0.2, 0.25) is 0 Å². The molecule has 0 saturated heterocycles. The summed E-state index contributed by atoms with van der Waals surface area (Å²) in [6.07, 6.45) is 3.51. The third-order valence-electron chi connectivity index (χ3n) is 3.37. The highest BCUT2D eigenvalue weighted by Crippen LogP contribution is 2.15. The van der Waals surface area contributed by atoms with Gasteiger partial charge in [0, 0.05) is 0 Å². The first kappa shape index (κ1) is 15.1. The highest BCUT2D eigenvalue weighted by Gasteiger charge is 1.99. The fourth-order valence-corrected chi connectivity index (χ4v) is 2.25. The molecule has 0 fully saturated rings. The number of benzene rings is 2. The van der Waals surface area contributed by atoms with Crippen LogP contribution in [0.1, 0.15) is 30.0 Å². The number of ether oxygens (including phenoxy) is 1. The zero-order valence-electron chi connectivity index (χ0n) is 12.5. The van der Waals surface area contributed by atoms with Gasteiger partial charge in [-0.3, -0.25) is 0 Å². The van der Waals surface area contributed by atoms with Gasteiger partial charge in [-0.15, -0.1) is 0 Å². The molecule has 0 N–H and O–H groups in total. The molecular formula is C19H21NO. The van der Waals surface area contributed by atoms with Crippen molar-refractivity contribution in [2.75, 3.05) is 6.61 Å². The molecule has 0 saturated carbocycles. The highest BCUT2D eigenvalue weighted by atomic mass is 16.5. The average molecular weight is 279 g/mol. The molecule has 21 heavy (non-hydrogen) atoms. The molecule has 0 aliphatic heterocycles. The number of hydrogen-bond acceptors (Lipinski definition) is 2. The molecule has 0 unspecified atom stereocenters. The van der Waals surface area contributed by atoms with E-state index < -0.39 is 0 Å². The molecule has 0 spiro atoms. The summed E-state index contributed by atoms with van der Waals surface area (Å²) in [5.74, 6) is 0.941. The molecule has 2 rings (SSSR count). The van der Waals surface area contributed by atoms with Crippen LogP contribution >= 0.6 is 0 Å². The summed E-state index contributed by atoms with van der Waals surface area (Å²) >= 11 is 0. The van der Waals surface area contributed by atoms with Gasteiger partial charge in [-0.2, -0.15) is 5.26 Å². The Balaban J connectivity index is 1.90. The summed E-state index contributed by atoms with van der Waals surface area (Å²) in [5, 5.41) is 8.74. The van der Waals surface area contributed by atoms with Crippen LogP contribution < -0.4 is 4.74 Å². The van der Waals surface area contributed by atoms with E-state index in [0.29, 0.717) is 6.42 Å². The predicted octanol–water partition coefficient (Wildman–Crippen LogP) is 4.33. The summed E-state index contributed by atoms with van der Waals surface area (Å²) in [5.41, 5.74) is 3.69. The van der Waals surface area contributed by atoms with Crippen LogP contribution in [0.25, 0.3) is 0 Å². The Bertz CT molecular complexity index is 596. The number of aryl methyl sites for hydroxylation is 2. The van der Waals surface area contributed by atoms with E-state index in [9.17, 15) is 0 Å². The first-order valence-electron chi connectivity index (χ1n) is 7.48. The van der Waals surface area contributed by atoms with Gasteiger partial charge in [-0.25, -0.2) is 0 Å². The Morgan fingerprint density at radius 2 is 1.67 bits per heavy atom. The van der Waals surface area contributed by atoms with Crippen LogP contribution in [-0.2, 0) is 19.3 Å². The van der Waals surface area contributed by atoms with E-state index in [-0.39, 0.29) is 0 Å². The average Bonchev–Trinajstić information content (AvgIpc) is 2.53. The Morgan fingerprint density at radius 3 is 2.38 bits per heavy atom. The van der Waals surface area contributed by atoms with Crippen LogP contribution in [-0.4, -0.2) is 6.61 Å². The van der Waals surface area contributed by atoms with E-state index in [4.69, 9.17) is 10.00 Å². The molecular weight excluding hydrogens is 258 g/mol. The van der Waals surface area contributed by atoms with Crippen molar-refractivity contribution < 1.29 is 4.74 Å². The standard InChI is InChI=1S/C19H21NO/c1-2-14-21-19-10-8-16(9-11-19)6-7-17-4-3-5-18(15-17)12-13-20/h3-5,8-11,15H,2,6-7,12,14H2,1H3. The lowest BCUT2D eigenvalue weighted by molar-refractivity contribution is 0.317. The first-order chi connectivity index (χ1) is 10.3. The molecule has 0 heterocycles. The monoisotopic (exact) mass is 279 g/mol. The quantitative estimate of drug-likeness (QED) is 0.756. The van der Waals surface area contributed by atoms with E-state index in [1.807, 2.05) is 24.3 Å². The lowest BCUT2D eigenvalue weighted by atomic mass is 10.0. The predicted molar refractivity (Wildman–Crippen MR) is 85.4 cm³/mol. The van der Waals surface area contributed by atoms with Gasteiger partial charge in [0.05, 0.1) is 19.1 Å². The highest BCUT2D eigenvalue weighted by molar-refractivity contribution is 5.29. The molecule has 0 aromatic heterocycles. The Labute approximate surface area is 127 Å². The van der Waals surface area contributed by atoms with E-state index >= 15 is 0 Å². The minimum Gasteiger partial charge on any atom is -0.494 e. The Hall–Kier alpha value is -2.27. The topological polar surface area (TPSA) is 33.0 Å². The lowest BCUT2D eigenvalue weighted by Crippen LogP contribution is -1.96. The van der Waals surface area contributed by atoms with Crippen molar-refractivity contribution in [1.82, 2.24) is 0 Å². The van der Waals surface area contributed by atoms with E-state index in [0.717, 1.165) is 37.2 Å². The summed E-state index contributed by atoms with van der Waals surface area (Å²) in [7, 11) is 0. The molecule has 0 amide bonds. The van der Waals surface area contributed by atoms with E-state index in [1.165, 1.54) is 11.1 Å². The maximum atomic E-state index is 8.74. The SMILES string of the molecule is CCCOc1ccc(CCc2cccc(CC#N)c2)cc1. The Kier molecular flexibility index (Phi) is 5.84. The number of nitriles is 1. The maximum Gasteiger partial charge on any atom is 0.119 e. The number of nitrogens with zero attached hydrogens (tertiary/aromatic N) is 1. The van der Waals surface area contributed by atoms with Crippen molar-refractivity contribution in [2.45, 2.75) is 32.6 Å². The molecule has 2 aromatic rings. The van der Waals surface area contributed by atoms with E-state index in [2.05, 4.69) is 37.3 Å². The van der Waals surface area contributed by atoms with Gasteiger partial charge < -0.3 is 4.74 Å². The van der Waals surface area contributed by atoms with Crippen molar-refractivity contribution in [2.24, 2.45) is 0 Å². The van der Waals surface area contributed by atoms with Crippen molar-refractivity contribution in [1.29, 1.82) is 5.26 Å². The second-order valence-corrected chi connectivity index (χ2v) is 5.15. The van der Waals surface area contributed by atoms with Crippen LogP contribution in [0.5, 0.6) is 5.75 Å². The summed E-state index contributed by atoms with van der Waals surface area (Å²) in [6, 6.07) is 18.8. The van der Waals surface area contributed by atoms with Gasteiger partial charge in [-0.1, -0.05) is 43.3 Å². The lowest BCUT2D eigenvalue weighted by Gasteiger charge is -2.07. The van der Waals surface area contributed by atoms with E-state index in [1.54, 1.807) is 0 Å². The maximum absolute atomic E-state index is 8.74. The number of hydrogen-bond donors (Lipinski definition) is 0. The van der Waals surface area contributed by atoms with Crippen LogP contribution in [0.4, 0.5) is 0 Å². The van der Waals surface area contributed by atoms with Gasteiger partial charge in [0.15, 0.2) is 0 Å². The van der Waals surface area contributed by atoms with Crippen molar-refractivity contribution in [3.63, 3.8) is 0 Å². The zero-order valence-corrected chi connectivity index (χ0v) is 12.5. The Morgan fingerprint density at radius 1 is 0.952 bits per heavy atom. The molecule has 2 heteroatoms. The van der Waals surface area contributed by atoms with Gasteiger partial charge >= 0.3 is 0 Å². The largest absolute Gasteiger partial charge is 0.494 e. The number of rotatable bonds is 7. The van der Waals surface area contributed by atoms with Gasteiger partial charge in [-0.05, 0) is 48.1 Å². The minimum atomic E-state index is 0.483. The molecule has 0 bridgehead atoms. The van der Waals surface area contributed by atoms with Crippen LogP contribution in [0.2, 0.25) is 0 Å². The second-order valence-electron chi connectivity index (χ2n) is 5.15. The van der Waals surface area contributed by atoms with Crippen LogP contribution in [0.15, 0.2) is 48.5 Å². The van der Waals surface area contributed by atoms with Gasteiger partial charge in [0.25, 0.3) is 0 Å². The van der Waals surface area contributed by atoms with Crippen LogP contribution in [0.3, 0.4) is 0 Å². The van der Waals surface area contributed by atoms with Crippen molar-refractivity contribution >= 4 is 0 Å². The van der Waals surface area contributed by atoms with Crippen molar-refractivity contribution in [3.05, 3.63) is 65.2 Å². The molecule has 0 aliphatic rings. The second kappa shape index (κ2) is 8.11. The smallest absolute Gasteiger partial charge is 0.119 e. The third kappa shape index (κ3) is 4.96. The van der Waals surface area contributed by atoms with Crippen molar-refractivity contribution in [3.8, 4) is 11.8 Å². The molecule has 2 aromatic carbocycles. The molecule has 108 valence electrons. The fraction of sp³-hybridized carbons (Fsp3) is 0.316. The summed E-state index contributed by atoms with van der Waals surface area (Å²) in [4.78, 5) is 0. The third-order valence-corrected chi connectivity index (χ3v) is 3.37. The van der Waals surface area contributed by atoms with Gasteiger partial charge in [0.1, 0.15) is 5.75 Å². The molecule has 2 nitrogen and oxygen atoms in total. The van der Waals surface area contributed by atoms with Crippen LogP contribution in [0, 0.1) is 11.3 Å². The zero-order chi connectivity index (χ0) is 14.9. The molecule has 0 radical (unpaired) electrons. The minimum absolute atomic E-state index is 0.483. The fourth-order valence-electron chi connectivity index (χ4n) is 2.25. The molecule has 0 atom stereocenters. The summed E-state index contributed by atoms with van der Waals surface area (Å²) < 4.78 is 5.58.